The zero-order valence-electron chi connectivity index (χ0n) is 20.5. The van der Waals surface area contributed by atoms with Gasteiger partial charge in [0, 0.05) is 0 Å². The van der Waals surface area contributed by atoms with E-state index in [4.69, 9.17) is 0 Å². The average Bonchev–Trinajstić information content (AvgIpc) is 2.46. The van der Waals surface area contributed by atoms with E-state index in [0.717, 1.165) is 11.8 Å². The summed E-state index contributed by atoms with van der Waals surface area (Å²) >= 11 is 0. The summed E-state index contributed by atoms with van der Waals surface area (Å²) in [6.45, 7) is 31.4. The Morgan fingerprint density at radius 2 is 1.26 bits per heavy atom. The summed E-state index contributed by atoms with van der Waals surface area (Å²) in [6.07, 6.45) is 14.2. The van der Waals surface area contributed by atoms with Crippen molar-refractivity contribution in [3.05, 3.63) is 44.6 Å². The fourth-order valence-corrected chi connectivity index (χ4v) is 2.11. The molecule has 0 radical (unpaired) electrons. The topological polar surface area (TPSA) is 0 Å². The molecule has 3 atom stereocenters. The number of allylic oxidation sites excluding steroid dienone is 4. The normalized spacial score (nSPS) is 14.0. The molecule has 27 heavy (non-hydrogen) atoms. The van der Waals surface area contributed by atoms with Gasteiger partial charge in [-0.2, -0.15) is 0 Å². The monoisotopic (exact) mass is 377 g/mol. The van der Waals surface area contributed by atoms with Crippen LogP contribution in [0.4, 0.5) is 0 Å². The Balaban J connectivity index is -0.000000320. The Morgan fingerprint density at radius 1 is 0.741 bits per heavy atom. The predicted molar refractivity (Wildman–Crippen MR) is 130 cm³/mol. The molecular formula is C27H53+3. The van der Waals surface area contributed by atoms with Gasteiger partial charge in [-0.25, -0.2) is 0 Å². The van der Waals surface area contributed by atoms with Crippen LogP contribution in [0.2, 0.25) is 0 Å². The molecule has 0 aromatic carbocycles. The van der Waals surface area contributed by atoms with Crippen molar-refractivity contribution in [2.75, 3.05) is 0 Å². The maximum atomic E-state index is 3.94. The molecule has 0 fully saturated rings. The first-order valence-electron chi connectivity index (χ1n) is 11.2. The first kappa shape index (κ1) is 30.8. The molecule has 0 nitrogen and oxygen atoms in total. The Hall–Kier alpha value is -0.910. The lowest BCUT2D eigenvalue weighted by Crippen LogP contribution is -1.91. The largest absolute Gasteiger partial charge is 0.110 e. The minimum absolute atomic E-state index is 0.462. The van der Waals surface area contributed by atoms with E-state index < -0.39 is 0 Å². The fourth-order valence-electron chi connectivity index (χ4n) is 2.11. The minimum atomic E-state index is 0.462. The molecule has 0 aromatic heterocycles. The predicted octanol–water partition coefficient (Wildman–Crippen LogP) is 9.54. The second-order valence-corrected chi connectivity index (χ2v) is 9.43. The maximum Gasteiger partial charge on any atom is 0.110 e. The first-order chi connectivity index (χ1) is 12.4. The maximum absolute atomic E-state index is 3.94. The lowest BCUT2D eigenvalue weighted by molar-refractivity contribution is 0.500. The zero-order valence-corrected chi connectivity index (χ0v) is 20.5. The van der Waals surface area contributed by atoms with Crippen LogP contribution in [0.15, 0.2) is 23.8 Å². The second kappa shape index (κ2) is 21.4. The van der Waals surface area contributed by atoms with Crippen molar-refractivity contribution in [3.8, 4) is 0 Å². The third-order valence-corrected chi connectivity index (χ3v) is 3.76. The summed E-state index contributed by atoms with van der Waals surface area (Å²) in [4.78, 5) is 0. The van der Waals surface area contributed by atoms with Crippen molar-refractivity contribution >= 4 is 0 Å². The van der Waals surface area contributed by atoms with Crippen molar-refractivity contribution in [1.82, 2.24) is 0 Å². The van der Waals surface area contributed by atoms with Crippen molar-refractivity contribution in [2.24, 2.45) is 29.6 Å². The van der Waals surface area contributed by atoms with Gasteiger partial charge in [0.2, 0.25) is 0 Å². The van der Waals surface area contributed by atoms with Gasteiger partial charge < -0.3 is 0 Å². The number of rotatable bonds is 10. The van der Waals surface area contributed by atoms with Gasteiger partial charge >= 0.3 is 0 Å². The number of hydrogen-bond acceptors (Lipinski definition) is 0. The van der Waals surface area contributed by atoms with Gasteiger partial charge in [0.15, 0.2) is 0 Å². The van der Waals surface area contributed by atoms with E-state index in [2.05, 4.69) is 101 Å². The van der Waals surface area contributed by atoms with E-state index in [9.17, 15) is 0 Å². The molecule has 158 valence electrons. The van der Waals surface area contributed by atoms with Crippen molar-refractivity contribution < 1.29 is 0 Å². The highest BCUT2D eigenvalue weighted by atomic mass is 14.0. The molecule has 3 unspecified atom stereocenters. The molecule has 0 N–H and O–H groups in total. The van der Waals surface area contributed by atoms with E-state index in [1.165, 1.54) is 44.1 Å². The molecule has 0 aromatic rings. The second-order valence-electron chi connectivity index (χ2n) is 9.43. The fraction of sp³-hybridized carbons (Fsp3) is 0.741. The summed E-state index contributed by atoms with van der Waals surface area (Å²) in [5.74, 6) is 3.34. The van der Waals surface area contributed by atoms with Crippen LogP contribution in [0, 0.1) is 50.4 Å². The van der Waals surface area contributed by atoms with Gasteiger partial charge in [0.1, 0.15) is 5.92 Å². The van der Waals surface area contributed by atoms with Crippen LogP contribution in [0.3, 0.4) is 0 Å². The third-order valence-electron chi connectivity index (χ3n) is 3.76. The summed E-state index contributed by atoms with van der Waals surface area (Å²) in [5, 5.41) is 0. The SMILES string of the molecule is [CH2+]C(C)/C=C/CC(C)C.[CH2+]C(C)CCC=C(C)C.[CH2+]C(C)CCCC(C)C. The van der Waals surface area contributed by atoms with Crippen LogP contribution < -0.4 is 0 Å². The molecular weight excluding hydrogens is 324 g/mol. The van der Waals surface area contributed by atoms with Crippen LogP contribution in [0.25, 0.3) is 0 Å². The van der Waals surface area contributed by atoms with Gasteiger partial charge in [0.25, 0.3) is 0 Å². The Kier molecular flexibility index (Phi) is 24.4. The van der Waals surface area contributed by atoms with Gasteiger partial charge in [-0.1, -0.05) is 51.8 Å². The molecule has 0 aliphatic heterocycles. The van der Waals surface area contributed by atoms with E-state index in [-0.39, 0.29) is 0 Å². The molecule has 0 spiro atoms. The van der Waals surface area contributed by atoms with E-state index in [1.807, 2.05) is 0 Å². The van der Waals surface area contributed by atoms with E-state index >= 15 is 0 Å². The third kappa shape index (κ3) is 45.8. The smallest absolute Gasteiger partial charge is 0.0857 e. The van der Waals surface area contributed by atoms with Crippen LogP contribution in [-0.2, 0) is 0 Å². The van der Waals surface area contributed by atoms with E-state index in [1.54, 1.807) is 0 Å². The highest BCUT2D eigenvalue weighted by Gasteiger charge is 2.00. The van der Waals surface area contributed by atoms with Gasteiger partial charge in [-0.05, 0) is 84.6 Å². The van der Waals surface area contributed by atoms with Crippen molar-refractivity contribution in [2.45, 2.75) is 101 Å². The average molecular weight is 378 g/mol. The Labute approximate surface area is 175 Å². The molecule has 0 rings (SSSR count). The highest BCUT2D eigenvalue weighted by molar-refractivity contribution is 4.92. The van der Waals surface area contributed by atoms with Crippen molar-refractivity contribution in [3.63, 3.8) is 0 Å². The lowest BCUT2D eigenvalue weighted by Gasteiger charge is -2.02. The van der Waals surface area contributed by atoms with Crippen molar-refractivity contribution in [1.29, 1.82) is 0 Å². The molecule has 0 saturated heterocycles. The standard InChI is InChI=1S/C9H19.2C9H17/c3*1-8(2)6-5-7-9(3)4/h8-9H,1,5-7H2,2-4H3;7-8H,1,5-6H2,2-4H3;5-6,8-9H,1,7H2,2-4H3/q3*+1/b;;6-5+. The first-order valence-corrected chi connectivity index (χ1v) is 11.2. The number of hydrogen-bond donors (Lipinski definition) is 0. The van der Waals surface area contributed by atoms with Gasteiger partial charge in [-0.15, -0.1) is 0 Å². The van der Waals surface area contributed by atoms with Gasteiger partial charge in [-0.3, -0.25) is 0 Å². The molecule has 0 aliphatic carbocycles. The van der Waals surface area contributed by atoms with Crippen LogP contribution in [0.1, 0.15) is 101 Å². The Bertz CT molecular complexity index is 314. The van der Waals surface area contributed by atoms with Gasteiger partial charge in [0.05, 0.1) is 32.6 Å². The summed E-state index contributed by atoms with van der Waals surface area (Å²) < 4.78 is 0. The summed E-state index contributed by atoms with van der Waals surface area (Å²) in [7, 11) is 0. The van der Waals surface area contributed by atoms with Crippen LogP contribution in [0.5, 0.6) is 0 Å². The molecule has 0 heterocycles. The Morgan fingerprint density at radius 3 is 1.59 bits per heavy atom. The molecule has 0 saturated carbocycles. The quantitative estimate of drug-likeness (QED) is 0.262. The molecule has 0 bridgehead atoms. The molecule has 0 aliphatic rings. The van der Waals surface area contributed by atoms with E-state index in [0.29, 0.717) is 17.8 Å². The molecule has 0 heteroatoms. The zero-order chi connectivity index (χ0) is 21.8. The molecule has 0 amide bonds. The lowest BCUT2D eigenvalue weighted by atomic mass is 10.0. The van der Waals surface area contributed by atoms with Crippen LogP contribution >= 0.6 is 0 Å². The van der Waals surface area contributed by atoms with Crippen LogP contribution in [-0.4, -0.2) is 0 Å². The summed E-state index contributed by atoms with van der Waals surface area (Å²) in [5.41, 5.74) is 1.41. The summed E-state index contributed by atoms with van der Waals surface area (Å²) in [6, 6.07) is 0. The minimum Gasteiger partial charge on any atom is -0.0857 e. The highest BCUT2D eigenvalue weighted by Crippen LogP contribution is 2.10.